The van der Waals surface area contributed by atoms with Gasteiger partial charge in [0.15, 0.2) is 0 Å². The zero-order valence-electron chi connectivity index (χ0n) is 5.07. The molecule has 1 N–H and O–H groups in total. The van der Waals surface area contributed by atoms with E-state index >= 15 is 0 Å². The summed E-state index contributed by atoms with van der Waals surface area (Å²) in [6, 6.07) is 0. The first-order valence-electron chi connectivity index (χ1n) is 0.987. The maximum Gasteiger partial charge on any atom is 1.00 e. The van der Waals surface area contributed by atoms with Gasteiger partial charge in [0.2, 0.25) is 0 Å². The van der Waals surface area contributed by atoms with E-state index in [0.717, 1.165) is 0 Å². The van der Waals surface area contributed by atoms with Crippen LogP contribution in [0.3, 0.4) is 0 Å². The van der Waals surface area contributed by atoms with E-state index in [9.17, 15) is 0 Å². The predicted molar refractivity (Wildman–Crippen MR) is 17.6 cm³/mol. The van der Waals surface area contributed by atoms with E-state index in [1.54, 1.807) is 0 Å². The van der Waals surface area contributed by atoms with Crippen molar-refractivity contribution in [2.75, 3.05) is 0 Å². The van der Waals surface area contributed by atoms with Gasteiger partial charge in [0.25, 0.3) is 0 Å². The number of hydrogen-bond donors (Lipinski definition) is 1. The van der Waals surface area contributed by atoms with Gasteiger partial charge in [-0.3, -0.25) is 0 Å². The van der Waals surface area contributed by atoms with E-state index in [1.165, 1.54) is 0 Å². The van der Waals surface area contributed by atoms with Gasteiger partial charge >= 0.3 is 59.1 Å². The third-order valence-corrected chi connectivity index (χ3v) is 0. The van der Waals surface area contributed by atoms with Crippen LogP contribution in [0.25, 0.3) is 0 Å². The maximum absolute atomic E-state index is 8.56. The molecule has 0 spiro atoms. The van der Waals surface area contributed by atoms with Gasteiger partial charge in [-0.1, -0.05) is 0 Å². The van der Waals surface area contributed by atoms with Crippen LogP contribution < -0.4 is 64.2 Å². The fourth-order valence-corrected chi connectivity index (χ4v) is 0. The monoisotopic (exact) mass is 172 g/mol. The Kier molecular flexibility index (Phi) is 56.5. The maximum atomic E-state index is 8.56. The molecular weight excluding hydrogens is 170 g/mol. The summed E-state index contributed by atoms with van der Waals surface area (Å²) < 4.78 is 24.1. The fourth-order valence-electron chi connectivity index (χ4n) is 0. The molecule has 0 aromatic carbocycles. The Morgan fingerprint density at radius 3 is 1.44 bits per heavy atom. The van der Waals surface area contributed by atoms with Crippen molar-refractivity contribution in [2.45, 2.75) is 0 Å². The molecule has 5 nitrogen and oxygen atoms in total. The molecule has 0 fully saturated rings. The minimum absolute atomic E-state index is 0. The quantitative estimate of drug-likeness (QED) is 0.222. The van der Waals surface area contributed by atoms with Crippen molar-refractivity contribution in [3.63, 3.8) is 0 Å². The van der Waals surface area contributed by atoms with Crippen molar-refractivity contribution < 1.29 is 82.3 Å². The molecule has 0 aromatic heterocycles. The predicted octanol–water partition coefficient (Wildman–Crippen LogP) is -8.29. The van der Waals surface area contributed by atoms with Crippen LogP contribution in [0.5, 0.6) is 0 Å². The number of carbonyl (C=O) groups is 1. The zero-order valence-corrected chi connectivity index (χ0v) is 9.88. The van der Waals surface area contributed by atoms with Crippen LogP contribution in [0.2, 0.25) is 0 Å². The van der Waals surface area contributed by atoms with E-state index in [-0.39, 0.29) is 59.1 Å². The van der Waals surface area contributed by atoms with Gasteiger partial charge in [0, 0.05) is 6.47 Å². The van der Waals surface area contributed by atoms with Gasteiger partial charge in [-0.05, 0) is 0 Å². The Labute approximate surface area is 98.9 Å². The standard InChI is InChI=1S/CH2O2.2Na.H2O3S/c2-1-3;;;1-4(2)3/h1H,(H,2,3);;;(H2,1,2,3)/q;2*+1;/p-2. The van der Waals surface area contributed by atoms with E-state index in [4.69, 9.17) is 23.2 Å². The minimum Gasteiger partial charge on any atom is -0.750 e. The Balaban J connectivity index is -0.0000000233. The topological polar surface area (TPSA) is 100 Å². The van der Waals surface area contributed by atoms with E-state index in [0.29, 0.717) is 0 Å². The Morgan fingerprint density at radius 1 is 1.44 bits per heavy atom. The molecule has 1 unspecified atom stereocenters. The Morgan fingerprint density at radius 2 is 1.44 bits per heavy atom. The smallest absolute Gasteiger partial charge is 0.750 e. The second kappa shape index (κ2) is 22.7. The Bertz CT molecular complexity index is 62.0. The molecule has 0 bridgehead atoms. The summed E-state index contributed by atoms with van der Waals surface area (Å²) in [5.41, 5.74) is 0. The van der Waals surface area contributed by atoms with Gasteiger partial charge in [0.05, 0.1) is 11.4 Å². The molecule has 0 aliphatic heterocycles. The average molecular weight is 172 g/mol. The van der Waals surface area contributed by atoms with Gasteiger partial charge in [-0.15, -0.1) is 0 Å². The van der Waals surface area contributed by atoms with Crippen LogP contribution in [-0.2, 0) is 16.2 Å². The van der Waals surface area contributed by atoms with Gasteiger partial charge in [-0.25, -0.2) is 4.21 Å². The number of carboxylic acid groups (broad SMARTS) is 1. The molecule has 8 heteroatoms. The van der Waals surface area contributed by atoms with E-state index < -0.39 is 17.8 Å². The second-order valence-corrected chi connectivity index (χ2v) is 0.748. The molecule has 0 saturated heterocycles. The summed E-state index contributed by atoms with van der Waals surface area (Å²) in [7, 11) is 0. The van der Waals surface area contributed by atoms with Gasteiger partial charge in [-0.2, -0.15) is 0 Å². The van der Waals surface area contributed by atoms with Crippen molar-refractivity contribution in [1.29, 1.82) is 0 Å². The van der Waals surface area contributed by atoms with Crippen molar-refractivity contribution >= 4 is 17.8 Å². The molecule has 0 radical (unpaired) electrons. The molecule has 0 aliphatic carbocycles. The normalized spacial score (nSPS) is 8.22. The first kappa shape index (κ1) is 22.4. The summed E-state index contributed by atoms with van der Waals surface area (Å²) in [5.74, 6) is 0. The Hall–Kier alpha value is 1.54. The van der Waals surface area contributed by atoms with Crippen molar-refractivity contribution in [1.82, 2.24) is 0 Å². The second-order valence-electron chi connectivity index (χ2n) is 0.313. The summed E-state index contributed by atoms with van der Waals surface area (Å²) in [4.78, 5) is 8.25. The summed E-state index contributed by atoms with van der Waals surface area (Å²) in [6.07, 6.45) is 0. The first-order chi connectivity index (χ1) is 3.15. The third-order valence-electron chi connectivity index (χ3n) is 0. The van der Waals surface area contributed by atoms with E-state index in [2.05, 4.69) is 0 Å². The number of hydrogen-bond acceptors (Lipinski definition) is 4. The number of carbonyl (C=O) groups excluding carboxylic acids is 1. The van der Waals surface area contributed by atoms with Crippen LogP contribution in [0, 0.1) is 0 Å². The molecule has 0 aromatic rings. The molecular formula is CH2Na2O5S. The zero-order chi connectivity index (χ0) is 6.28. The van der Waals surface area contributed by atoms with Crippen LogP contribution in [0.4, 0.5) is 0 Å². The molecule has 0 rings (SSSR count). The SMILES string of the molecule is O=C[O-].O=S([O-])O.[Na+].[Na+]. The van der Waals surface area contributed by atoms with Crippen LogP contribution in [-0.4, -0.2) is 19.8 Å². The molecule has 0 amide bonds. The van der Waals surface area contributed by atoms with Crippen molar-refractivity contribution in [3.05, 3.63) is 0 Å². The molecule has 0 saturated carbocycles. The molecule has 9 heavy (non-hydrogen) atoms. The van der Waals surface area contributed by atoms with Crippen LogP contribution in [0.15, 0.2) is 0 Å². The molecule has 44 valence electrons. The van der Waals surface area contributed by atoms with E-state index in [1.807, 2.05) is 0 Å². The molecule has 1 atom stereocenters. The van der Waals surface area contributed by atoms with Crippen molar-refractivity contribution in [2.24, 2.45) is 0 Å². The average Bonchev–Trinajstić information content (AvgIpc) is 1.33. The van der Waals surface area contributed by atoms with Gasteiger partial charge < -0.3 is 19.0 Å². The van der Waals surface area contributed by atoms with Crippen LogP contribution in [0.1, 0.15) is 0 Å². The third kappa shape index (κ3) is 229. The van der Waals surface area contributed by atoms with Crippen LogP contribution >= 0.6 is 0 Å². The molecule has 0 heterocycles. The largest absolute Gasteiger partial charge is 1.00 e. The fraction of sp³-hybridized carbons (Fsp3) is 0. The molecule has 0 aliphatic rings. The minimum atomic E-state index is -2.86. The summed E-state index contributed by atoms with van der Waals surface area (Å²) in [6.45, 7) is -0.500. The summed E-state index contributed by atoms with van der Waals surface area (Å²) >= 11 is -2.86. The summed E-state index contributed by atoms with van der Waals surface area (Å²) in [5, 5.41) is 8.25. The van der Waals surface area contributed by atoms with Gasteiger partial charge in [0.1, 0.15) is 0 Å². The first-order valence-corrected chi connectivity index (χ1v) is 2.02. The number of rotatable bonds is 0. The van der Waals surface area contributed by atoms with Crippen molar-refractivity contribution in [3.8, 4) is 0 Å².